The van der Waals surface area contributed by atoms with Crippen molar-refractivity contribution in [3.63, 3.8) is 0 Å². The molecule has 0 aliphatic carbocycles. The average Bonchev–Trinajstić information content (AvgIpc) is 2.90. The molecule has 2 fully saturated rings. The van der Waals surface area contributed by atoms with Crippen molar-refractivity contribution in [2.75, 3.05) is 51.6 Å². The molecular formula is C15H23N3OS. The van der Waals surface area contributed by atoms with E-state index in [2.05, 4.69) is 42.3 Å². The summed E-state index contributed by atoms with van der Waals surface area (Å²) in [5.74, 6) is 1.71. The Morgan fingerprint density at radius 3 is 2.75 bits per heavy atom. The second-order valence-electron chi connectivity index (χ2n) is 5.85. The zero-order valence-corrected chi connectivity index (χ0v) is 13.3. The van der Waals surface area contributed by atoms with Crippen LogP contribution in [-0.2, 0) is 4.74 Å². The predicted octanol–water partition coefficient (Wildman–Crippen LogP) is 2.06. The normalized spacial score (nSPS) is 23.4. The van der Waals surface area contributed by atoms with Gasteiger partial charge in [-0.3, -0.25) is 0 Å². The predicted molar refractivity (Wildman–Crippen MR) is 83.9 cm³/mol. The van der Waals surface area contributed by atoms with E-state index in [4.69, 9.17) is 9.72 Å². The average molecular weight is 293 g/mol. The lowest BCUT2D eigenvalue weighted by Crippen LogP contribution is -2.58. The molecule has 1 aromatic heterocycles. The molecule has 0 spiro atoms. The van der Waals surface area contributed by atoms with Crippen LogP contribution in [0.1, 0.15) is 17.9 Å². The quantitative estimate of drug-likeness (QED) is 0.793. The third-order valence-corrected chi connectivity index (χ3v) is 5.00. The molecule has 2 saturated heterocycles. The zero-order valence-electron chi connectivity index (χ0n) is 12.5. The summed E-state index contributed by atoms with van der Waals surface area (Å²) in [5, 5.41) is 1.11. The third-order valence-electron chi connectivity index (χ3n) is 4.35. The van der Waals surface area contributed by atoms with E-state index in [1.54, 1.807) is 11.8 Å². The first kappa shape index (κ1) is 14.2. The summed E-state index contributed by atoms with van der Waals surface area (Å²) in [6.07, 6.45) is 3.21. The van der Waals surface area contributed by atoms with Crippen LogP contribution in [0.25, 0.3) is 0 Å². The highest BCUT2D eigenvalue weighted by molar-refractivity contribution is 7.98. The number of hydrogen-bond acceptors (Lipinski definition) is 5. The first-order valence-corrected chi connectivity index (χ1v) is 8.45. The van der Waals surface area contributed by atoms with Gasteiger partial charge < -0.3 is 14.5 Å². The minimum absolute atomic E-state index is 0.520. The first-order valence-electron chi connectivity index (χ1n) is 7.23. The van der Waals surface area contributed by atoms with Crippen LogP contribution in [0.5, 0.6) is 0 Å². The fourth-order valence-electron chi connectivity index (χ4n) is 2.86. The number of nitrogens with zero attached hydrogens (tertiary/aromatic N) is 3. The summed E-state index contributed by atoms with van der Waals surface area (Å²) in [6, 6.07) is 5.06. The Hall–Kier alpha value is -0.780. The van der Waals surface area contributed by atoms with E-state index in [1.807, 2.05) is 0 Å². The van der Waals surface area contributed by atoms with Gasteiger partial charge in [-0.25, -0.2) is 4.98 Å². The van der Waals surface area contributed by atoms with Crippen LogP contribution in [0.2, 0.25) is 0 Å². The molecule has 1 aromatic rings. The second-order valence-corrected chi connectivity index (χ2v) is 6.68. The highest BCUT2D eigenvalue weighted by atomic mass is 32.2. The highest BCUT2D eigenvalue weighted by Gasteiger charge is 2.33. The van der Waals surface area contributed by atoms with Crippen molar-refractivity contribution < 1.29 is 4.74 Å². The molecule has 5 heteroatoms. The molecule has 1 atom stereocenters. The summed E-state index contributed by atoms with van der Waals surface area (Å²) in [6.45, 7) is 3.89. The van der Waals surface area contributed by atoms with Crippen LogP contribution in [0, 0.1) is 0 Å². The smallest absolute Gasteiger partial charge is 0.133 e. The molecule has 0 radical (unpaired) electrons. The molecule has 1 unspecified atom stereocenters. The topological polar surface area (TPSA) is 28.6 Å². The van der Waals surface area contributed by atoms with Crippen molar-refractivity contribution in [2.24, 2.45) is 0 Å². The van der Waals surface area contributed by atoms with Crippen molar-refractivity contribution in [3.8, 4) is 0 Å². The maximum absolute atomic E-state index is 5.55. The van der Waals surface area contributed by atoms with E-state index in [1.165, 1.54) is 11.4 Å². The van der Waals surface area contributed by atoms with Gasteiger partial charge in [0.05, 0.1) is 11.6 Å². The van der Waals surface area contributed by atoms with E-state index < -0.39 is 0 Å². The number of thioether (sulfide) groups is 1. The molecule has 4 nitrogen and oxygen atoms in total. The van der Waals surface area contributed by atoms with Gasteiger partial charge in [-0.05, 0) is 32.8 Å². The summed E-state index contributed by atoms with van der Waals surface area (Å²) in [7, 11) is 4.30. The molecule has 2 aliphatic heterocycles. The summed E-state index contributed by atoms with van der Waals surface area (Å²) in [5.41, 5.74) is 1.37. The molecule has 0 saturated carbocycles. The van der Waals surface area contributed by atoms with Crippen LogP contribution in [0.3, 0.4) is 0 Å². The Morgan fingerprint density at radius 2 is 2.15 bits per heavy atom. The number of pyridine rings is 1. The summed E-state index contributed by atoms with van der Waals surface area (Å²) in [4.78, 5) is 9.58. The lowest BCUT2D eigenvalue weighted by atomic mass is 9.97. The van der Waals surface area contributed by atoms with E-state index >= 15 is 0 Å². The fraction of sp³-hybridized carbons (Fsp3) is 0.667. The van der Waals surface area contributed by atoms with Crippen LogP contribution in [0.4, 0.5) is 5.82 Å². The van der Waals surface area contributed by atoms with Crippen LogP contribution in [0.15, 0.2) is 17.2 Å². The van der Waals surface area contributed by atoms with Crippen molar-refractivity contribution >= 4 is 17.6 Å². The van der Waals surface area contributed by atoms with E-state index in [0.717, 1.165) is 37.8 Å². The number of hydrogen-bond donors (Lipinski definition) is 0. The van der Waals surface area contributed by atoms with Crippen molar-refractivity contribution in [1.82, 2.24) is 9.88 Å². The largest absolute Gasteiger partial charge is 0.381 e. The van der Waals surface area contributed by atoms with Gasteiger partial charge in [0, 0.05) is 37.2 Å². The molecule has 3 rings (SSSR count). The van der Waals surface area contributed by atoms with E-state index in [-0.39, 0.29) is 0 Å². The van der Waals surface area contributed by atoms with Crippen molar-refractivity contribution in [3.05, 3.63) is 17.7 Å². The van der Waals surface area contributed by atoms with Crippen LogP contribution in [-0.4, -0.2) is 62.6 Å². The van der Waals surface area contributed by atoms with Gasteiger partial charge in [-0.2, -0.15) is 0 Å². The second kappa shape index (κ2) is 5.92. The van der Waals surface area contributed by atoms with Gasteiger partial charge in [-0.1, -0.05) is 6.07 Å². The van der Waals surface area contributed by atoms with Gasteiger partial charge >= 0.3 is 0 Å². The minimum atomic E-state index is 0.520. The lowest BCUT2D eigenvalue weighted by molar-refractivity contribution is 0.193. The van der Waals surface area contributed by atoms with Gasteiger partial charge in [0.25, 0.3) is 0 Å². The van der Waals surface area contributed by atoms with Crippen molar-refractivity contribution in [1.29, 1.82) is 0 Å². The Kier molecular flexibility index (Phi) is 4.19. The molecule has 0 amide bonds. The Labute approximate surface area is 125 Å². The Bertz CT molecular complexity index is 468. The first-order chi connectivity index (χ1) is 9.69. The molecule has 0 N–H and O–H groups in total. The minimum Gasteiger partial charge on any atom is -0.381 e. The van der Waals surface area contributed by atoms with Gasteiger partial charge in [-0.15, -0.1) is 11.8 Å². The van der Waals surface area contributed by atoms with Crippen LogP contribution < -0.4 is 4.90 Å². The molecule has 3 heterocycles. The Balaban J connectivity index is 1.83. The number of ether oxygens (including phenoxy) is 1. The fourth-order valence-corrected chi connectivity index (χ4v) is 3.24. The monoisotopic (exact) mass is 293 g/mol. The molecule has 2 aliphatic rings. The maximum atomic E-state index is 5.55. The highest BCUT2D eigenvalue weighted by Crippen LogP contribution is 2.35. The van der Waals surface area contributed by atoms with E-state index in [9.17, 15) is 0 Å². The van der Waals surface area contributed by atoms with Crippen molar-refractivity contribution in [2.45, 2.75) is 23.4 Å². The number of rotatable bonds is 4. The summed E-state index contributed by atoms with van der Waals surface area (Å²) >= 11 is 1.71. The number of aromatic nitrogens is 1. The standard InChI is InChI=1S/C15H23N3OS/c1-17(2)12-8-18(9-12)15-13(11-6-7-19-10-11)4-5-14(16-15)20-3/h4-5,11-12H,6-10H2,1-3H3. The SMILES string of the molecule is CSc1ccc(C2CCOC2)c(N2CC(N(C)C)C2)n1. The van der Waals surface area contributed by atoms with Gasteiger partial charge in [0.1, 0.15) is 5.82 Å². The number of anilines is 1. The van der Waals surface area contributed by atoms with Gasteiger partial charge in [0.15, 0.2) is 0 Å². The Morgan fingerprint density at radius 1 is 1.35 bits per heavy atom. The molecule has 0 bridgehead atoms. The molecule has 110 valence electrons. The third kappa shape index (κ3) is 2.67. The zero-order chi connectivity index (χ0) is 14.1. The van der Waals surface area contributed by atoms with Gasteiger partial charge in [0.2, 0.25) is 0 Å². The molecular weight excluding hydrogens is 270 g/mol. The number of likely N-dealkylation sites (N-methyl/N-ethyl adjacent to an activating group) is 1. The van der Waals surface area contributed by atoms with Crippen LogP contribution >= 0.6 is 11.8 Å². The molecule has 0 aromatic carbocycles. The van der Waals surface area contributed by atoms with E-state index in [0.29, 0.717) is 12.0 Å². The molecule has 20 heavy (non-hydrogen) atoms. The summed E-state index contributed by atoms with van der Waals surface area (Å²) < 4.78 is 5.55. The maximum Gasteiger partial charge on any atom is 0.133 e. The lowest BCUT2D eigenvalue weighted by Gasteiger charge is -2.44.